The van der Waals surface area contributed by atoms with Crippen LogP contribution in [-0.2, 0) is 4.79 Å². The SMILES string of the molecule is CC(C)NC(=O)NC(=O)[C@H](C)Sc1nc(-c2ccccc2)c(-c2ccccc2)o1. The van der Waals surface area contributed by atoms with Crippen molar-refractivity contribution >= 4 is 23.7 Å². The van der Waals surface area contributed by atoms with Crippen molar-refractivity contribution in [3.8, 4) is 22.6 Å². The monoisotopic (exact) mass is 409 g/mol. The number of thioether (sulfide) groups is 1. The van der Waals surface area contributed by atoms with Crippen LogP contribution in [0.2, 0.25) is 0 Å². The maximum Gasteiger partial charge on any atom is 0.321 e. The van der Waals surface area contributed by atoms with E-state index in [2.05, 4.69) is 15.6 Å². The van der Waals surface area contributed by atoms with Crippen molar-refractivity contribution in [2.24, 2.45) is 0 Å². The second kappa shape index (κ2) is 9.43. The van der Waals surface area contributed by atoms with Crippen LogP contribution in [0.3, 0.4) is 0 Å². The van der Waals surface area contributed by atoms with Gasteiger partial charge in [0.2, 0.25) is 5.91 Å². The van der Waals surface area contributed by atoms with Crippen LogP contribution in [0.5, 0.6) is 0 Å². The zero-order chi connectivity index (χ0) is 20.8. The molecule has 3 rings (SSSR count). The molecule has 0 saturated heterocycles. The number of hydrogen-bond acceptors (Lipinski definition) is 5. The van der Waals surface area contributed by atoms with E-state index in [1.807, 2.05) is 74.5 Å². The molecular weight excluding hydrogens is 386 g/mol. The predicted molar refractivity (Wildman–Crippen MR) is 115 cm³/mol. The van der Waals surface area contributed by atoms with Crippen molar-refractivity contribution < 1.29 is 14.0 Å². The summed E-state index contributed by atoms with van der Waals surface area (Å²) in [6.45, 7) is 5.35. The van der Waals surface area contributed by atoms with Gasteiger partial charge in [0, 0.05) is 17.2 Å². The lowest BCUT2D eigenvalue weighted by molar-refractivity contribution is -0.119. The number of imide groups is 1. The summed E-state index contributed by atoms with van der Waals surface area (Å²) in [5.41, 5.74) is 2.54. The Hall–Kier alpha value is -3.06. The van der Waals surface area contributed by atoms with Crippen LogP contribution in [0, 0.1) is 0 Å². The number of oxazole rings is 1. The van der Waals surface area contributed by atoms with Crippen molar-refractivity contribution in [1.82, 2.24) is 15.6 Å². The van der Waals surface area contributed by atoms with Gasteiger partial charge in [0.25, 0.3) is 5.22 Å². The topological polar surface area (TPSA) is 84.2 Å². The molecule has 0 bridgehead atoms. The molecule has 0 fully saturated rings. The number of rotatable bonds is 6. The van der Waals surface area contributed by atoms with Crippen LogP contribution in [0.15, 0.2) is 70.3 Å². The molecule has 3 amide bonds. The summed E-state index contributed by atoms with van der Waals surface area (Å²) < 4.78 is 6.02. The van der Waals surface area contributed by atoms with Gasteiger partial charge in [-0.15, -0.1) is 0 Å². The maximum absolute atomic E-state index is 12.3. The molecule has 0 aliphatic heterocycles. The standard InChI is InChI=1S/C22H23N3O3S/c1-14(2)23-21(27)25-20(26)15(3)29-22-24-18(16-10-6-4-7-11-16)19(28-22)17-12-8-5-9-13-17/h4-15H,1-3H3,(H2,23,25,26,27)/t15-/m0/s1. The van der Waals surface area contributed by atoms with E-state index in [1.54, 1.807) is 6.92 Å². The summed E-state index contributed by atoms with van der Waals surface area (Å²) in [5.74, 6) is 0.235. The van der Waals surface area contributed by atoms with E-state index in [0.29, 0.717) is 16.7 Å². The van der Waals surface area contributed by atoms with Gasteiger partial charge in [-0.2, -0.15) is 0 Å². The molecular formula is C22H23N3O3S. The molecule has 150 valence electrons. The third kappa shape index (κ3) is 5.48. The van der Waals surface area contributed by atoms with Gasteiger partial charge in [0.1, 0.15) is 5.69 Å². The smallest absolute Gasteiger partial charge is 0.321 e. The molecule has 0 aliphatic rings. The van der Waals surface area contributed by atoms with Gasteiger partial charge >= 0.3 is 6.03 Å². The van der Waals surface area contributed by atoms with Crippen molar-refractivity contribution in [2.75, 3.05) is 0 Å². The highest BCUT2D eigenvalue weighted by molar-refractivity contribution is 8.00. The number of aromatic nitrogens is 1. The van der Waals surface area contributed by atoms with Crippen LogP contribution in [0.1, 0.15) is 20.8 Å². The first-order chi connectivity index (χ1) is 13.9. The highest BCUT2D eigenvalue weighted by Crippen LogP contribution is 2.36. The number of carbonyl (C=O) groups is 2. The minimum Gasteiger partial charge on any atom is -0.431 e. The molecule has 0 aliphatic carbocycles. The molecule has 2 aromatic carbocycles. The van der Waals surface area contributed by atoms with Crippen molar-refractivity contribution in [2.45, 2.75) is 37.3 Å². The summed E-state index contributed by atoms with van der Waals surface area (Å²) in [4.78, 5) is 28.7. The molecule has 1 aromatic heterocycles. The van der Waals surface area contributed by atoms with Crippen LogP contribution >= 0.6 is 11.8 Å². The van der Waals surface area contributed by atoms with Crippen molar-refractivity contribution in [3.63, 3.8) is 0 Å². The zero-order valence-electron chi connectivity index (χ0n) is 16.5. The first kappa shape index (κ1) is 20.7. The normalized spacial score (nSPS) is 11.9. The summed E-state index contributed by atoms with van der Waals surface area (Å²) in [6.07, 6.45) is 0. The van der Waals surface area contributed by atoms with Gasteiger partial charge in [-0.1, -0.05) is 72.4 Å². The van der Waals surface area contributed by atoms with E-state index < -0.39 is 17.2 Å². The molecule has 0 radical (unpaired) electrons. The Kier molecular flexibility index (Phi) is 6.72. The molecule has 0 unspecified atom stereocenters. The maximum atomic E-state index is 12.3. The minimum absolute atomic E-state index is 0.0561. The Bertz CT molecular complexity index is 914. The third-order valence-corrected chi connectivity index (χ3v) is 4.94. The van der Waals surface area contributed by atoms with E-state index in [0.717, 1.165) is 11.1 Å². The number of benzene rings is 2. The minimum atomic E-state index is -0.557. The fourth-order valence-corrected chi connectivity index (χ4v) is 3.39. The van der Waals surface area contributed by atoms with E-state index in [1.165, 1.54) is 11.8 Å². The lowest BCUT2D eigenvalue weighted by Crippen LogP contribution is -2.45. The predicted octanol–water partition coefficient (Wildman–Crippen LogP) is 4.72. The highest BCUT2D eigenvalue weighted by Gasteiger charge is 2.23. The Morgan fingerprint density at radius 1 is 0.931 bits per heavy atom. The summed E-state index contributed by atoms with van der Waals surface area (Å²) in [7, 11) is 0. The first-order valence-corrected chi connectivity index (χ1v) is 10.2. The quantitative estimate of drug-likeness (QED) is 0.575. The summed E-state index contributed by atoms with van der Waals surface area (Å²) in [5, 5.41) is 4.78. The van der Waals surface area contributed by atoms with Gasteiger partial charge in [-0.05, 0) is 20.8 Å². The van der Waals surface area contributed by atoms with Gasteiger partial charge < -0.3 is 9.73 Å². The van der Waals surface area contributed by atoms with E-state index in [4.69, 9.17) is 4.42 Å². The Balaban J connectivity index is 1.82. The van der Waals surface area contributed by atoms with E-state index in [-0.39, 0.29) is 6.04 Å². The second-order valence-electron chi connectivity index (χ2n) is 6.77. The number of nitrogens with one attached hydrogen (secondary N) is 2. The molecule has 3 aromatic rings. The molecule has 2 N–H and O–H groups in total. The Morgan fingerprint density at radius 2 is 1.52 bits per heavy atom. The second-order valence-corrected chi connectivity index (χ2v) is 8.06. The Labute approximate surface area is 174 Å². The van der Waals surface area contributed by atoms with Gasteiger partial charge in [-0.3, -0.25) is 10.1 Å². The van der Waals surface area contributed by atoms with Gasteiger partial charge in [0.15, 0.2) is 5.76 Å². The summed E-state index contributed by atoms with van der Waals surface area (Å²) in [6, 6.07) is 18.9. The summed E-state index contributed by atoms with van der Waals surface area (Å²) >= 11 is 1.17. The van der Waals surface area contributed by atoms with Crippen LogP contribution in [0.25, 0.3) is 22.6 Å². The van der Waals surface area contributed by atoms with Crippen molar-refractivity contribution in [1.29, 1.82) is 0 Å². The number of amides is 3. The molecule has 1 heterocycles. The number of nitrogens with zero attached hydrogens (tertiary/aromatic N) is 1. The molecule has 1 atom stereocenters. The fourth-order valence-electron chi connectivity index (χ4n) is 2.64. The largest absolute Gasteiger partial charge is 0.431 e. The lowest BCUT2D eigenvalue weighted by atomic mass is 10.1. The average molecular weight is 410 g/mol. The third-order valence-electron chi connectivity index (χ3n) is 3.99. The zero-order valence-corrected chi connectivity index (χ0v) is 17.3. The van der Waals surface area contributed by atoms with Gasteiger partial charge in [-0.25, -0.2) is 9.78 Å². The molecule has 7 heteroatoms. The average Bonchev–Trinajstić information content (AvgIpc) is 3.12. The van der Waals surface area contributed by atoms with Crippen molar-refractivity contribution in [3.05, 3.63) is 60.7 Å². The number of hydrogen-bond donors (Lipinski definition) is 2. The molecule has 6 nitrogen and oxygen atoms in total. The highest BCUT2D eigenvalue weighted by atomic mass is 32.2. The Morgan fingerprint density at radius 3 is 2.10 bits per heavy atom. The number of urea groups is 1. The molecule has 0 saturated carbocycles. The van der Waals surface area contributed by atoms with E-state index >= 15 is 0 Å². The molecule has 0 spiro atoms. The fraction of sp³-hybridized carbons (Fsp3) is 0.227. The van der Waals surface area contributed by atoms with Gasteiger partial charge in [0.05, 0.1) is 5.25 Å². The van der Waals surface area contributed by atoms with Crippen LogP contribution in [0.4, 0.5) is 4.79 Å². The van der Waals surface area contributed by atoms with Crippen LogP contribution < -0.4 is 10.6 Å². The lowest BCUT2D eigenvalue weighted by Gasteiger charge is -2.11. The number of carbonyl (C=O) groups excluding carboxylic acids is 2. The van der Waals surface area contributed by atoms with Crippen LogP contribution in [-0.4, -0.2) is 28.2 Å². The van der Waals surface area contributed by atoms with E-state index in [9.17, 15) is 9.59 Å². The first-order valence-electron chi connectivity index (χ1n) is 9.33. The molecule has 29 heavy (non-hydrogen) atoms.